The number of aryl methyl sites for hydroxylation is 2. The molecule has 17 heavy (non-hydrogen) atoms. The predicted octanol–water partition coefficient (Wildman–Crippen LogP) is 1.75. The van der Waals surface area contributed by atoms with Crippen molar-refractivity contribution >= 4 is 12.2 Å². The molecule has 0 unspecified atom stereocenters. The van der Waals surface area contributed by atoms with Crippen LogP contribution in [0.5, 0.6) is 0 Å². The third-order valence-corrected chi connectivity index (χ3v) is 3.16. The lowest BCUT2D eigenvalue weighted by Crippen LogP contribution is -2.06. The van der Waals surface area contributed by atoms with Gasteiger partial charge in [-0.2, -0.15) is 10.1 Å². The molecule has 0 bridgehead atoms. The summed E-state index contributed by atoms with van der Waals surface area (Å²) in [5.41, 5.74) is 0. The van der Waals surface area contributed by atoms with E-state index in [1.807, 2.05) is 11.5 Å². The molecule has 0 radical (unpaired) electrons. The number of nitrogens with one attached hydrogen (secondary N) is 1. The van der Waals surface area contributed by atoms with Gasteiger partial charge in [-0.1, -0.05) is 5.16 Å². The van der Waals surface area contributed by atoms with E-state index in [0.29, 0.717) is 28.8 Å². The average Bonchev–Trinajstić information content (AvgIpc) is 2.97. The Labute approximate surface area is 103 Å². The van der Waals surface area contributed by atoms with Crippen LogP contribution in [0, 0.1) is 11.7 Å². The van der Waals surface area contributed by atoms with Gasteiger partial charge >= 0.3 is 0 Å². The second kappa shape index (κ2) is 4.06. The molecule has 6 nitrogen and oxygen atoms in total. The van der Waals surface area contributed by atoms with Crippen LogP contribution in [-0.2, 0) is 13.0 Å². The molecule has 3 rings (SSSR count). The van der Waals surface area contributed by atoms with Gasteiger partial charge < -0.3 is 9.09 Å². The molecule has 1 N–H and O–H groups in total. The minimum Gasteiger partial charge on any atom is -0.339 e. The van der Waals surface area contributed by atoms with Gasteiger partial charge in [-0.05, 0) is 32.0 Å². The summed E-state index contributed by atoms with van der Waals surface area (Å²) in [5, 5.41) is 10.9. The Morgan fingerprint density at radius 1 is 1.53 bits per heavy atom. The molecule has 90 valence electrons. The summed E-state index contributed by atoms with van der Waals surface area (Å²) in [6.07, 6.45) is 3.10. The molecule has 1 aliphatic rings. The number of hydrogen-bond donors (Lipinski definition) is 1. The van der Waals surface area contributed by atoms with E-state index in [1.54, 1.807) is 0 Å². The van der Waals surface area contributed by atoms with Crippen molar-refractivity contribution < 1.29 is 4.52 Å². The third-order valence-electron chi connectivity index (χ3n) is 2.85. The summed E-state index contributed by atoms with van der Waals surface area (Å²) in [6, 6.07) is 0. The van der Waals surface area contributed by atoms with Crippen LogP contribution in [0.1, 0.15) is 36.3 Å². The highest BCUT2D eigenvalue weighted by Crippen LogP contribution is 2.38. The van der Waals surface area contributed by atoms with Crippen molar-refractivity contribution in [2.75, 3.05) is 0 Å². The van der Waals surface area contributed by atoms with E-state index in [1.165, 1.54) is 12.8 Å². The van der Waals surface area contributed by atoms with Crippen LogP contribution in [0.15, 0.2) is 4.52 Å². The molecule has 2 aromatic rings. The number of aromatic amines is 1. The predicted molar refractivity (Wildman–Crippen MR) is 62.1 cm³/mol. The Morgan fingerprint density at radius 2 is 2.35 bits per heavy atom. The van der Waals surface area contributed by atoms with Crippen LogP contribution in [0.3, 0.4) is 0 Å². The van der Waals surface area contributed by atoms with Crippen molar-refractivity contribution in [1.82, 2.24) is 24.9 Å². The molecule has 2 aromatic heterocycles. The van der Waals surface area contributed by atoms with E-state index in [2.05, 4.69) is 20.3 Å². The second-order valence-corrected chi connectivity index (χ2v) is 4.68. The summed E-state index contributed by atoms with van der Waals surface area (Å²) in [4.78, 5) is 4.17. The highest BCUT2D eigenvalue weighted by atomic mass is 32.1. The Morgan fingerprint density at radius 3 is 3.00 bits per heavy atom. The van der Waals surface area contributed by atoms with Crippen molar-refractivity contribution in [2.45, 2.75) is 38.6 Å². The van der Waals surface area contributed by atoms with E-state index < -0.39 is 0 Å². The van der Waals surface area contributed by atoms with E-state index in [-0.39, 0.29) is 0 Å². The highest BCUT2D eigenvalue weighted by Gasteiger charge is 2.28. The zero-order valence-electron chi connectivity index (χ0n) is 9.51. The molecule has 0 saturated heterocycles. The van der Waals surface area contributed by atoms with E-state index in [9.17, 15) is 0 Å². The lowest BCUT2D eigenvalue weighted by Gasteiger charge is -2.03. The fourth-order valence-corrected chi connectivity index (χ4v) is 2.08. The zero-order chi connectivity index (χ0) is 11.8. The van der Waals surface area contributed by atoms with E-state index >= 15 is 0 Å². The Kier molecular flexibility index (Phi) is 2.54. The maximum atomic E-state index is 5.22. The van der Waals surface area contributed by atoms with Gasteiger partial charge in [0.2, 0.25) is 5.89 Å². The largest absolute Gasteiger partial charge is 0.339 e. The lowest BCUT2D eigenvalue weighted by atomic mass is 10.3. The highest BCUT2D eigenvalue weighted by molar-refractivity contribution is 7.71. The topological polar surface area (TPSA) is 72.5 Å². The quantitative estimate of drug-likeness (QED) is 0.838. The standard InChI is InChI=1S/C10H13N5OS/c1-6-11-8(16-14-6)4-5-15-9(7-2-3-7)12-13-10(15)17/h7H,2-5H2,1H3,(H,13,17). The zero-order valence-corrected chi connectivity index (χ0v) is 10.3. The van der Waals surface area contributed by atoms with Crippen molar-refractivity contribution in [3.8, 4) is 0 Å². The molecular weight excluding hydrogens is 238 g/mol. The summed E-state index contributed by atoms with van der Waals surface area (Å²) in [7, 11) is 0. The van der Waals surface area contributed by atoms with Gasteiger partial charge in [-0.25, -0.2) is 0 Å². The number of rotatable bonds is 4. The molecule has 0 spiro atoms. The van der Waals surface area contributed by atoms with Gasteiger partial charge in [0, 0.05) is 18.9 Å². The Hall–Kier alpha value is -1.50. The monoisotopic (exact) mass is 251 g/mol. The summed E-state index contributed by atoms with van der Waals surface area (Å²) >= 11 is 5.22. The Bertz CT molecular complexity index is 580. The SMILES string of the molecule is Cc1noc(CCn2c(C3CC3)n[nH]c2=S)n1. The Balaban J connectivity index is 1.76. The molecule has 0 aromatic carbocycles. The molecule has 1 saturated carbocycles. The van der Waals surface area contributed by atoms with Crippen LogP contribution in [-0.4, -0.2) is 24.9 Å². The number of H-pyrrole nitrogens is 1. The smallest absolute Gasteiger partial charge is 0.228 e. The van der Waals surface area contributed by atoms with Gasteiger partial charge in [-0.15, -0.1) is 0 Å². The lowest BCUT2D eigenvalue weighted by molar-refractivity contribution is 0.367. The number of hydrogen-bond acceptors (Lipinski definition) is 5. The minimum absolute atomic E-state index is 0.576. The maximum absolute atomic E-state index is 5.22. The van der Waals surface area contributed by atoms with Crippen molar-refractivity contribution in [1.29, 1.82) is 0 Å². The van der Waals surface area contributed by atoms with E-state index in [4.69, 9.17) is 16.7 Å². The molecule has 0 atom stereocenters. The van der Waals surface area contributed by atoms with Crippen molar-refractivity contribution in [3.05, 3.63) is 22.3 Å². The molecular formula is C10H13N5OS. The van der Waals surface area contributed by atoms with Gasteiger partial charge in [0.1, 0.15) is 5.82 Å². The molecule has 1 fully saturated rings. The number of aromatic nitrogens is 5. The van der Waals surface area contributed by atoms with Gasteiger partial charge in [0.05, 0.1) is 0 Å². The minimum atomic E-state index is 0.576. The fraction of sp³-hybridized carbons (Fsp3) is 0.600. The number of nitrogens with zero attached hydrogens (tertiary/aromatic N) is 4. The van der Waals surface area contributed by atoms with Crippen molar-refractivity contribution in [2.24, 2.45) is 0 Å². The van der Waals surface area contributed by atoms with Crippen LogP contribution in [0.2, 0.25) is 0 Å². The molecule has 7 heteroatoms. The molecule has 1 aliphatic carbocycles. The van der Waals surface area contributed by atoms with Crippen LogP contribution < -0.4 is 0 Å². The average molecular weight is 251 g/mol. The first-order chi connectivity index (χ1) is 8.24. The molecule has 0 aliphatic heterocycles. The van der Waals surface area contributed by atoms with Crippen LogP contribution in [0.4, 0.5) is 0 Å². The molecule has 2 heterocycles. The first-order valence-corrected chi connectivity index (χ1v) is 6.09. The molecule has 0 amide bonds. The summed E-state index contributed by atoms with van der Waals surface area (Å²) < 4.78 is 7.78. The third kappa shape index (κ3) is 2.14. The van der Waals surface area contributed by atoms with Crippen LogP contribution in [0.25, 0.3) is 0 Å². The normalized spacial score (nSPS) is 15.4. The first-order valence-electron chi connectivity index (χ1n) is 5.68. The summed E-state index contributed by atoms with van der Waals surface area (Å²) in [6.45, 7) is 2.55. The van der Waals surface area contributed by atoms with Gasteiger partial charge in [-0.3, -0.25) is 5.10 Å². The van der Waals surface area contributed by atoms with Gasteiger partial charge in [0.15, 0.2) is 10.6 Å². The first kappa shape index (κ1) is 10.6. The summed E-state index contributed by atoms with van der Waals surface area (Å²) in [5.74, 6) is 2.95. The van der Waals surface area contributed by atoms with Gasteiger partial charge in [0.25, 0.3) is 0 Å². The maximum Gasteiger partial charge on any atom is 0.228 e. The van der Waals surface area contributed by atoms with Crippen LogP contribution >= 0.6 is 12.2 Å². The fourth-order valence-electron chi connectivity index (χ4n) is 1.85. The van der Waals surface area contributed by atoms with E-state index in [0.717, 1.165) is 12.4 Å². The van der Waals surface area contributed by atoms with Crippen molar-refractivity contribution in [3.63, 3.8) is 0 Å². The second-order valence-electron chi connectivity index (χ2n) is 4.30.